The third kappa shape index (κ3) is 6.61. The molecule has 4 heteroatoms. The standard InChI is InChI=1S/C3H8O3.HI/c4-1-3(6)2-5;/h3-6H,1-2H2;1H. The Kier molecular flexibility index (Phi) is 9.98. The van der Waals surface area contributed by atoms with E-state index in [9.17, 15) is 0 Å². The van der Waals surface area contributed by atoms with Crippen molar-refractivity contribution in [3.63, 3.8) is 0 Å². The lowest BCUT2D eigenvalue weighted by Crippen LogP contribution is -2.15. The first-order valence-corrected chi connectivity index (χ1v) is 1.71. The van der Waals surface area contributed by atoms with Gasteiger partial charge in [-0.15, -0.1) is 24.0 Å². The molecule has 0 bridgehead atoms. The number of hydrogen-bond donors (Lipinski definition) is 3. The van der Waals surface area contributed by atoms with Crippen LogP contribution in [0.25, 0.3) is 0 Å². The van der Waals surface area contributed by atoms with Crippen molar-refractivity contribution in [1.82, 2.24) is 0 Å². The Morgan fingerprint density at radius 3 is 1.43 bits per heavy atom. The summed E-state index contributed by atoms with van der Waals surface area (Å²) in [5.74, 6) is 0. The molecule has 3 N–H and O–H groups in total. The van der Waals surface area contributed by atoms with E-state index in [0.29, 0.717) is 0 Å². The van der Waals surface area contributed by atoms with Crippen LogP contribution in [-0.2, 0) is 0 Å². The Labute approximate surface area is 59.0 Å². The van der Waals surface area contributed by atoms with Gasteiger partial charge in [0.05, 0.1) is 13.2 Å². The molecular formula is C3H9IO3. The molecule has 46 valence electrons. The van der Waals surface area contributed by atoms with Gasteiger partial charge >= 0.3 is 0 Å². The van der Waals surface area contributed by atoms with E-state index in [1.165, 1.54) is 0 Å². The molecule has 0 spiro atoms. The second kappa shape index (κ2) is 6.61. The van der Waals surface area contributed by atoms with E-state index in [1.54, 1.807) is 0 Å². The monoisotopic (exact) mass is 220 g/mol. The summed E-state index contributed by atoms with van der Waals surface area (Å²) < 4.78 is 0. The van der Waals surface area contributed by atoms with Gasteiger partial charge in [-0.3, -0.25) is 0 Å². The van der Waals surface area contributed by atoms with Crippen LogP contribution >= 0.6 is 24.0 Å². The van der Waals surface area contributed by atoms with Crippen molar-refractivity contribution in [1.29, 1.82) is 0 Å². The first kappa shape index (κ1) is 10.6. The van der Waals surface area contributed by atoms with Gasteiger partial charge in [0.15, 0.2) is 0 Å². The summed E-state index contributed by atoms with van der Waals surface area (Å²) in [6.45, 7) is -0.729. The SMILES string of the molecule is I.OCC(O)CO. The molecule has 3 nitrogen and oxygen atoms in total. The fourth-order valence-electron chi connectivity index (χ4n) is 0.0577. The van der Waals surface area contributed by atoms with Gasteiger partial charge in [0, 0.05) is 0 Å². The van der Waals surface area contributed by atoms with Gasteiger partial charge in [0.25, 0.3) is 0 Å². The normalized spacial score (nSPS) is 8.57. The van der Waals surface area contributed by atoms with Crippen LogP contribution in [-0.4, -0.2) is 34.6 Å². The summed E-state index contributed by atoms with van der Waals surface area (Å²) in [7, 11) is 0. The molecule has 0 amide bonds. The minimum Gasteiger partial charge on any atom is -0.394 e. The third-order valence-electron chi connectivity index (χ3n) is 0.421. The Bertz CT molecular complexity index is 29.4. The molecule has 0 aliphatic carbocycles. The second-order valence-electron chi connectivity index (χ2n) is 1.02. The minimum atomic E-state index is -0.954. The molecule has 0 radical (unpaired) electrons. The van der Waals surface area contributed by atoms with Crippen molar-refractivity contribution in [2.24, 2.45) is 0 Å². The fourth-order valence-corrected chi connectivity index (χ4v) is 0.0577. The van der Waals surface area contributed by atoms with Gasteiger partial charge in [-0.1, -0.05) is 0 Å². The molecule has 0 saturated heterocycles. The highest BCUT2D eigenvalue weighted by molar-refractivity contribution is 14.0. The van der Waals surface area contributed by atoms with Gasteiger partial charge in [-0.25, -0.2) is 0 Å². The zero-order valence-electron chi connectivity index (χ0n) is 3.74. The van der Waals surface area contributed by atoms with E-state index in [1.807, 2.05) is 0 Å². The van der Waals surface area contributed by atoms with Gasteiger partial charge in [-0.05, 0) is 0 Å². The number of aliphatic hydroxyl groups excluding tert-OH is 3. The van der Waals surface area contributed by atoms with Crippen LogP contribution in [0, 0.1) is 0 Å². The summed E-state index contributed by atoms with van der Waals surface area (Å²) >= 11 is 0. The molecule has 0 atom stereocenters. The molecule has 0 heterocycles. The van der Waals surface area contributed by atoms with Crippen LogP contribution in [0.4, 0.5) is 0 Å². The fraction of sp³-hybridized carbons (Fsp3) is 1.00. The van der Waals surface area contributed by atoms with Gasteiger partial charge in [0.2, 0.25) is 0 Å². The maximum absolute atomic E-state index is 8.17. The molecule has 0 rings (SSSR count). The smallest absolute Gasteiger partial charge is 0.100 e. The molecule has 0 aromatic rings. The molecule has 0 aromatic heterocycles. The first-order valence-electron chi connectivity index (χ1n) is 1.71. The predicted octanol–water partition coefficient (Wildman–Crippen LogP) is -1.05. The zero-order chi connectivity index (χ0) is 4.99. The van der Waals surface area contributed by atoms with Gasteiger partial charge in [-0.2, -0.15) is 0 Å². The van der Waals surface area contributed by atoms with Crippen molar-refractivity contribution >= 4 is 24.0 Å². The van der Waals surface area contributed by atoms with E-state index in [0.717, 1.165) is 0 Å². The Hall–Kier alpha value is 0.610. The second-order valence-corrected chi connectivity index (χ2v) is 1.02. The van der Waals surface area contributed by atoms with Crippen LogP contribution < -0.4 is 0 Å². The average Bonchev–Trinajstić information content (AvgIpc) is 1.65. The summed E-state index contributed by atoms with van der Waals surface area (Å²) in [6, 6.07) is 0. The molecule has 0 fully saturated rings. The lowest BCUT2D eigenvalue weighted by Gasteiger charge is -1.96. The summed E-state index contributed by atoms with van der Waals surface area (Å²) in [5.41, 5.74) is 0. The molecular weight excluding hydrogens is 211 g/mol. The average molecular weight is 220 g/mol. The topological polar surface area (TPSA) is 60.7 Å². The number of hydrogen-bond acceptors (Lipinski definition) is 3. The summed E-state index contributed by atoms with van der Waals surface area (Å²) in [5, 5.41) is 24.0. The minimum absolute atomic E-state index is 0. The Morgan fingerprint density at radius 1 is 1.14 bits per heavy atom. The highest BCUT2D eigenvalue weighted by Crippen LogP contribution is 1.71. The molecule has 0 saturated carbocycles. The van der Waals surface area contributed by atoms with E-state index in [-0.39, 0.29) is 37.2 Å². The lowest BCUT2D eigenvalue weighted by atomic mass is 10.4. The van der Waals surface area contributed by atoms with Crippen LogP contribution in [0.3, 0.4) is 0 Å². The van der Waals surface area contributed by atoms with E-state index in [4.69, 9.17) is 15.3 Å². The van der Waals surface area contributed by atoms with Crippen LogP contribution in [0.1, 0.15) is 0 Å². The highest BCUT2D eigenvalue weighted by atomic mass is 127. The van der Waals surface area contributed by atoms with Crippen molar-refractivity contribution in [3.05, 3.63) is 0 Å². The zero-order valence-corrected chi connectivity index (χ0v) is 6.07. The molecule has 0 aliphatic rings. The maximum Gasteiger partial charge on any atom is 0.100 e. The lowest BCUT2D eigenvalue weighted by molar-refractivity contribution is 0.0450. The summed E-state index contributed by atoms with van der Waals surface area (Å²) in [4.78, 5) is 0. The van der Waals surface area contributed by atoms with Gasteiger partial charge < -0.3 is 15.3 Å². The van der Waals surface area contributed by atoms with Gasteiger partial charge in [0.1, 0.15) is 6.10 Å². The molecule has 0 aliphatic heterocycles. The Morgan fingerprint density at radius 2 is 1.43 bits per heavy atom. The molecule has 0 aromatic carbocycles. The largest absolute Gasteiger partial charge is 0.394 e. The summed E-state index contributed by atoms with van der Waals surface area (Å²) in [6.07, 6.45) is -0.954. The Balaban J connectivity index is 0. The number of rotatable bonds is 2. The van der Waals surface area contributed by atoms with Crippen molar-refractivity contribution in [2.75, 3.05) is 13.2 Å². The quantitative estimate of drug-likeness (QED) is 0.520. The highest BCUT2D eigenvalue weighted by Gasteiger charge is 1.93. The van der Waals surface area contributed by atoms with Crippen molar-refractivity contribution in [2.45, 2.75) is 6.10 Å². The first-order chi connectivity index (χ1) is 2.81. The third-order valence-corrected chi connectivity index (χ3v) is 0.421. The molecule has 7 heavy (non-hydrogen) atoms. The van der Waals surface area contributed by atoms with Crippen LogP contribution in [0.15, 0.2) is 0 Å². The van der Waals surface area contributed by atoms with E-state index in [2.05, 4.69) is 0 Å². The van der Waals surface area contributed by atoms with Crippen molar-refractivity contribution < 1.29 is 15.3 Å². The maximum atomic E-state index is 8.17. The number of halogens is 1. The van der Waals surface area contributed by atoms with E-state index < -0.39 is 6.10 Å². The number of aliphatic hydroxyl groups is 3. The molecule has 0 unspecified atom stereocenters. The van der Waals surface area contributed by atoms with Crippen LogP contribution in [0.5, 0.6) is 0 Å². The van der Waals surface area contributed by atoms with Crippen molar-refractivity contribution in [3.8, 4) is 0 Å². The predicted molar refractivity (Wildman–Crippen MR) is 35.6 cm³/mol. The van der Waals surface area contributed by atoms with E-state index >= 15 is 0 Å². The van der Waals surface area contributed by atoms with Crippen LogP contribution in [0.2, 0.25) is 0 Å².